The molecule has 0 aliphatic carbocycles. The Kier molecular flexibility index (Phi) is 31.2. The fourth-order valence-electron chi connectivity index (χ4n) is 11.8. The van der Waals surface area contributed by atoms with Gasteiger partial charge in [-0.2, -0.15) is 0 Å². The lowest BCUT2D eigenvalue weighted by Gasteiger charge is -2.73. The molecule has 22 nitrogen and oxygen atoms in total. The van der Waals surface area contributed by atoms with Crippen molar-refractivity contribution in [1.29, 1.82) is 0 Å². The van der Waals surface area contributed by atoms with Crippen LogP contribution in [0.3, 0.4) is 0 Å². The van der Waals surface area contributed by atoms with Crippen LogP contribution in [0.5, 0.6) is 0 Å². The van der Waals surface area contributed by atoms with Crippen LogP contribution in [0, 0.1) is 27.1 Å². The van der Waals surface area contributed by atoms with Crippen molar-refractivity contribution in [3.05, 3.63) is 0 Å². The summed E-state index contributed by atoms with van der Waals surface area (Å²) in [5.41, 5.74) is -13.8. The topological polar surface area (TPSA) is 442 Å². The minimum atomic E-state index is -3.11. The second-order valence-corrected chi connectivity index (χ2v) is 18.8. The molecule has 0 radical (unpaired) electrons. The molecule has 0 aromatic rings. The normalized spacial score (nSPS) is 21.7. The Labute approximate surface area is 387 Å². The Morgan fingerprint density at radius 1 is 0.333 bits per heavy atom. The van der Waals surface area contributed by atoms with E-state index in [1.807, 2.05) is 6.92 Å². The van der Waals surface area contributed by atoms with E-state index in [9.17, 15) is 112 Å². The average Bonchev–Trinajstić information content (AvgIpc) is 3.30. The first-order valence-electron chi connectivity index (χ1n) is 23.2. The predicted molar refractivity (Wildman–Crippen MR) is 235 cm³/mol. The quantitative estimate of drug-likeness (QED) is 0.0255. The van der Waals surface area contributed by atoms with Gasteiger partial charge in [-0.25, -0.2) is 0 Å². The standard InChI is InChI=1S/C44H88O22/c1-2-3-4-5-6-7-8-40(9-29(55)19-45,10-30(56)20-46)42(13-33(59)23-49,14-34(60)24-50)44(17-37(63)27-53,18-38(64)28-54)43(15-35(61)25-51,16-36(62)26-52)41(39(65)66,11-31(57)21-47)12-32(58)22-48/h29-38,45-64H,2-28H2,1H3,(H,65,66). The number of rotatable bonds is 42. The van der Waals surface area contributed by atoms with Gasteiger partial charge >= 0.3 is 5.97 Å². The summed E-state index contributed by atoms with van der Waals surface area (Å²) in [6, 6.07) is 0. The van der Waals surface area contributed by atoms with Crippen LogP contribution >= 0.6 is 0 Å². The molecule has 0 bridgehead atoms. The molecule has 0 aromatic carbocycles. The van der Waals surface area contributed by atoms with Gasteiger partial charge in [-0.3, -0.25) is 4.79 Å². The maximum absolute atomic E-state index is 14.7. The summed E-state index contributed by atoms with van der Waals surface area (Å²) < 4.78 is 0. The molecule has 0 fully saturated rings. The molecule has 0 heterocycles. The van der Waals surface area contributed by atoms with Gasteiger partial charge < -0.3 is 107 Å². The Bertz CT molecular complexity index is 1200. The van der Waals surface area contributed by atoms with Crippen molar-refractivity contribution in [2.45, 2.75) is 177 Å². The van der Waals surface area contributed by atoms with Crippen LogP contribution in [0.1, 0.15) is 116 Å². The van der Waals surface area contributed by atoms with Crippen LogP contribution in [0.25, 0.3) is 0 Å². The predicted octanol–water partition coefficient (Wildman–Crippen LogP) is -4.81. The van der Waals surface area contributed by atoms with Crippen molar-refractivity contribution in [2.75, 3.05) is 66.1 Å². The summed E-state index contributed by atoms with van der Waals surface area (Å²) in [4.78, 5) is 14.7. The van der Waals surface area contributed by atoms with Gasteiger partial charge in [0.1, 0.15) is 0 Å². The molecule has 10 atom stereocenters. The fraction of sp³-hybridized carbons (Fsp3) is 0.977. The first kappa shape index (κ1) is 64.7. The number of hydrogen-bond acceptors (Lipinski definition) is 21. The summed E-state index contributed by atoms with van der Waals surface area (Å²) in [5.74, 6) is -2.05. The molecule has 0 aliphatic heterocycles. The Morgan fingerprint density at radius 3 is 0.864 bits per heavy atom. The third-order valence-electron chi connectivity index (χ3n) is 14.2. The molecule has 0 saturated carbocycles. The molecule has 0 spiro atoms. The molecule has 396 valence electrons. The van der Waals surface area contributed by atoms with Gasteiger partial charge in [0.25, 0.3) is 0 Å². The molecule has 0 aromatic heterocycles. The first-order chi connectivity index (χ1) is 31.0. The van der Waals surface area contributed by atoms with Gasteiger partial charge in [0.15, 0.2) is 0 Å². The van der Waals surface area contributed by atoms with E-state index in [0.29, 0.717) is 12.8 Å². The molecular formula is C44H88O22. The van der Waals surface area contributed by atoms with Gasteiger partial charge in [-0.15, -0.1) is 0 Å². The van der Waals surface area contributed by atoms with E-state index in [-0.39, 0.29) is 12.8 Å². The average molecular weight is 969 g/mol. The fourth-order valence-corrected chi connectivity index (χ4v) is 11.8. The summed E-state index contributed by atoms with van der Waals surface area (Å²) in [6.07, 6.45) is -28.3. The SMILES string of the molecule is CCCCCCCCC(CC(O)CO)(CC(O)CO)C(CC(O)CO)(CC(O)CO)C(CC(O)CO)(CC(O)CO)C(CC(O)CO)(CC(O)CO)C(CC(O)CO)(CC(O)CO)C(=O)O. The summed E-state index contributed by atoms with van der Waals surface area (Å²) >= 11 is 0. The van der Waals surface area contributed by atoms with Crippen LogP contribution in [-0.4, -0.2) is 240 Å². The molecule has 22 heteroatoms. The zero-order valence-corrected chi connectivity index (χ0v) is 38.7. The van der Waals surface area contributed by atoms with Crippen molar-refractivity contribution in [3.63, 3.8) is 0 Å². The number of unbranched alkanes of at least 4 members (excludes halogenated alkanes) is 5. The number of aliphatic hydroxyl groups is 20. The van der Waals surface area contributed by atoms with Gasteiger partial charge in [0.2, 0.25) is 0 Å². The van der Waals surface area contributed by atoms with Crippen molar-refractivity contribution >= 4 is 5.97 Å². The zero-order valence-electron chi connectivity index (χ0n) is 38.7. The highest BCUT2D eigenvalue weighted by atomic mass is 16.4. The maximum Gasteiger partial charge on any atom is 0.310 e. The number of carboxylic acids is 1. The van der Waals surface area contributed by atoms with E-state index in [1.165, 1.54) is 0 Å². The highest BCUT2D eigenvalue weighted by molar-refractivity contribution is 5.76. The van der Waals surface area contributed by atoms with E-state index in [1.54, 1.807) is 0 Å². The lowest BCUT2D eigenvalue weighted by Crippen LogP contribution is -2.72. The van der Waals surface area contributed by atoms with Crippen molar-refractivity contribution in [2.24, 2.45) is 27.1 Å². The van der Waals surface area contributed by atoms with Crippen molar-refractivity contribution < 1.29 is 112 Å². The van der Waals surface area contributed by atoms with E-state index in [0.717, 1.165) is 19.3 Å². The Balaban J connectivity index is 10.9. The lowest BCUT2D eigenvalue weighted by atomic mass is 9.31. The highest BCUT2D eigenvalue weighted by Crippen LogP contribution is 2.77. The van der Waals surface area contributed by atoms with Gasteiger partial charge in [-0.1, -0.05) is 45.4 Å². The molecule has 0 aliphatic rings. The van der Waals surface area contributed by atoms with Gasteiger partial charge in [0.05, 0.1) is 133 Å². The molecular weight excluding hydrogens is 880 g/mol. The summed E-state index contributed by atoms with van der Waals surface area (Å²) in [6.45, 7) is -9.86. The van der Waals surface area contributed by atoms with Gasteiger partial charge in [0, 0.05) is 0 Å². The van der Waals surface area contributed by atoms with Crippen molar-refractivity contribution in [1.82, 2.24) is 0 Å². The minimum Gasteiger partial charge on any atom is -0.481 e. The van der Waals surface area contributed by atoms with Crippen LogP contribution in [0.4, 0.5) is 0 Å². The number of hydrogen-bond donors (Lipinski definition) is 21. The number of aliphatic carboxylic acids is 1. The van der Waals surface area contributed by atoms with E-state index in [4.69, 9.17) is 0 Å². The highest BCUT2D eigenvalue weighted by Gasteiger charge is 2.76. The second kappa shape index (κ2) is 31.8. The lowest BCUT2D eigenvalue weighted by molar-refractivity contribution is -0.290. The van der Waals surface area contributed by atoms with Gasteiger partial charge in [-0.05, 0) is 92.3 Å². The molecule has 21 N–H and O–H groups in total. The largest absolute Gasteiger partial charge is 0.481 e. The number of aliphatic hydroxyl groups excluding tert-OH is 20. The molecule has 0 amide bonds. The van der Waals surface area contributed by atoms with Crippen molar-refractivity contribution in [3.8, 4) is 0 Å². The number of carbonyl (C=O) groups is 1. The Morgan fingerprint density at radius 2 is 0.576 bits per heavy atom. The third kappa shape index (κ3) is 16.6. The van der Waals surface area contributed by atoms with Crippen LogP contribution in [0.15, 0.2) is 0 Å². The monoisotopic (exact) mass is 969 g/mol. The Hall–Kier alpha value is -1.33. The zero-order chi connectivity index (χ0) is 50.9. The summed E-state index contributed by atoms with van der Waals surface area (Å²) in [5, 5.41) is 236. The smallest absolute Gasteiger partial charge is 0.310 e. The van der Waals surface area contributed by atoms with Crippen LogP contribution in [-0.2, 0) is 4.79 Å². The third-order valence-corrected chi connectivity index (χ3v) is 14.2. The number of carboxylic acid groups (broad SMARTS) is 1. The van der Waals surface area contributed by atoms with Crippen LogP contribution in [0.2, 0.25) is 0 Å². The van der Waals surface area contributed by atoms with Crippen LogP contribution < -0.4 is 0 Å². The molecule has 66 heavy (non-hydrogen) atoms. The first-order valence-corrected chi connectivity index (χ1v) is 23.2. The maximum atomic E-state index is 14.7. The van der Waals surface area contributed by atoms with E-state index < -0.39 is 224 Å². The second-order valence-electron chi connectivity index (χ2n) is 18.8. The summed E-state index contributed by atoms with van der Waals surface area (Å²) in [7, 11) is 0. The van der Waals surface area contributed by atoms with E-state index in [2.05, 4.69) is 0 Å². The molecule has 0 rings (SSSR count). The minimum absolute atomic E-state index is 0.0927. The molecule has 0 saturated heterocycles. The molecule has 10 unspecified atom stereocenters. The van der Waals surface area contributed by atoms with E-state index >= 15 is 0 Å².